The van der Waals surface area contributed by atoms with Crippen molar-refractivity contribution >= 4 is 62.3 Å². The Bertz CT molecular complexity index is 1490. The average Bonchev–Trinajstić information content (AvgIpc) is 3.49. The molecular weight excluding hydrogens is 621 g/mol. The number of sulfonamides is 1. The number of amides is 2. The maximum absolute atomic E-state index is 14.1. The molecule has 0 spiro atoms. The first kappa shape index (κ1) is 31.9. The SMILES string of the molecule is COc1ccc(S(=O)(=O)N(CC(=O)N(Cc2c(Cl)cccc2Cl)[C@@H](C)C(=O)NC2CCCC2)c2ccc(Cl)cc2)cc1. The van der Waals surface area contributed by atoms with Gasteiger partial charge in [-0.2, -0.15) is 0 Å². The normalized spacial score (nSPS) is 14.3. The number of carbonyl (C=O) groups is 2. The van der Waals surface area contributed by atoms with Crippen LogP contribution in [-0.2, 0) is 26.2 Å². The van der Waals surface area contributed by atoms with Crippen molar-refractivity contribution in [2.24, 2.45) is 0 Å². The summed E-state index contributed by atoms with van der Waals surface area (Å²) in [6.07, 6.45) is 3.79. The third-order valence-electron chi connectivity index (χ3n) is 7.30. The maximum atomic E-state index is 14.1. The van der Waals surface area contributed by atoms with Gasteiger partial charge in [0.05, 0.1) is 17.7 Å². The molecule has 8 nitrogen and oxygen atoms in total. The molecule has 1 fully saturated rings. The van der Waals surface area contributed by atoms with E-state index in [-0.39, 0.29) is 29.1 Å². The van der Waals surface area contributed by atoms with Crippen LogP contribution in [0.2, 0.25) is 15.1 Å². The van der Waals surface area contributed by atoms with Crippen molar-refractivity contribution in [2.45, 2.75) is 56.1 Å². The summed E-state index contributed by atoms with van der Waals surface area (Å²) >= 11 is 19.0. The lowest BCUT2D eigenvalue weighted by Crippen LogP contribution is -2.52. The molecule has 224 valence electrons. The first-order chi connectivity index (χ1) is 20.0. The Morgan fingerprint density at radius 2 is 1.55 bits per heavy atom. The van der Waals surface area contributed by atoms with Gasteiger partial charge in [0, 0.05) is 33.2 Å². The summed E-state index contributed by atoms with van der Waals surface area (Å²) in [6.45, 7) is 0.907. The predicted octanol–water partition coefficient (Wildman–Crippen LogP) is 6.33. The van der Waals surface area contributed by atoms with Gasteiger partial charge >= 0.3 is 0 Å². The number of anilines is 1. The highest BCUT2D eigenvalue weighted by molar-refractivity contribution is 7.92. The highest BCUT2D eigenvalue weighted by Crippen LogP contribution is 2.29. The largest absolute Gasteiger partial charge is 0.497 e. The Balaban J connectivity index is 1.71. The van der Waals surface area contributed by atoms with Crippen LogP contribution in [-0.4, -0.2) is 50.9 Å². The molecule has 0 bridgehead atoms. The zero-order chi connectivity index (χ0) is 30.4. The lowest BCUT2D eigenvalue weighted by Gasteiger charge is -2.33. The molecule has 4 rings (SSSR count). The number of methoxy groups -OCH3 is 1. The average molecular weight is 653 g/mol. The van der Waals surface area contributed by atoms with Gasteiger partial charge in [-0.15, -0.1) is 0 Å². The molecule has 0 aliphatic heterocycles. The van der Waals surface area contributed by atoms with E-state index in [1.165, 1.54) is 60.5 Å². The van der Waals surface area contributed by atoms with Crippen LogP contribution in [0, 0.1) is 0 Å². The number of carbonyl (C=O) groups excluding carboxylic acids is 2. The van der Waals surface area contributed by atoms with E-state index >= 15 is 0 Å². The number of hydrogen-bond donors (Lipinski definition) is 1. The Morgan fingerprint density at radius 1 is 0.952 bits per heavy atom. The Kier molecular flexibility index (Phi) is 10.6. The van der Waals surface area contributed by atoms with E-state index in [1.54, 1.807) is 25.1 Å². The second-order valence-corrected chi connectivity index (χ2v) is 13.2. The van der Waals surface area contributed by atoms with Gasteiger partial charge in [-0.05, 0) is 80.4 Å². The number of benzene rings is 3. The summed E-state index contributed by atoms with van der Waals surface area (Å²) in [5.74, 6) is -0.477. The lowest BCUT2D eigenvalue weighted by molar-refractivity contribution is -0.139. The molecule has 42 heavy (non-hydrogen) atoms. The van der Waals surface area contributed by atoms with E-state index in [0.29, 0.717) is 26.4 Å². The zero-order valence-electron chi connectivity index (χ0n) is 23.2. The minimum absolute atomic E-state index is 0.0295. The van der Waals surface area contributed by atoms with E-state index < -0.39 is 28.5 Å². The zero-order valence-corrected chi connectivity index (χ0v) is 26.3. The second-order valence-electron chi connectivity index (χ2n) is 10.1. The standard InChI is InChI=1S/C30H32Cl3N3O5S/c1-20(30(38)34-22-6-3-4-7-22)35(18-26-27(32)8-5-9-28(26)33)29(37)19-36(23-12-10-21(31)11-13-23)42(39,40)25-16-14-24(41-2)15-17-25/h5,8-17,20,22H,3-4,6-7,18-19H2,1-2H3,(H,34,38)/t20-/m0/s1. The van der Waals surface area contributed by atoms with Gasteiger partial charge in [0.25, 0.3) is 10.0 Å². The van der Waals surface area contributed by atoms with Gasteiger partial charge in [-0.3, -0.25) is 13.9 Å². The van der Waals surface area contributed by atoms with Crippen LogP contribution < -0.4 is 14.4 Å². The van der Waals surface area contributed by atoms with Crippen LogP contribution >= 0.6 is 34.8 Å². The van der Waals surface area contributed by atoms with Crippen molar-refractivity contribution in [3.8, 4) is 5.75 Å². The highest BCUT2D eigenvalue weighted by Gasteiger charge is 2.34. The predicted molar refractivity (Wildman–Crippen MR) is 166 cm³/mol. The molecule has 1 atom stereocenters. The first-order valence-corrected chi connectivity index (χ1v) is 16.0. The molecule has 0 aromatic heterocycles. The topological polar surface area (TPSA) is 96.0 Å². The highest BCUT2D eigenvalue weighted by atomic mass is 35.5. The Morgan fingerprint density at radius 3 is 2.12 bits per heavy atom. The van der Waals surface area contributed by atoms with Gasteiger partial charge in [-0.1, -0.05) is 53.7 Å². The molecule has 0 saturated heterocycles. The van der Waals surface area contributed by atoms with Crippen molar-refractivity contribution in [1.82, 2.24) is 10.2 Å². The molecule has 3 aromatic carbocycles. The quantitative estimate of drug-likeness (QED) is 0.261. The summed E-state index contributed by atoms with van der Waals surface area (Å²) in [6, 6.07) is 16.0. The van der Waals surface area contributed by atoms with Crippen LogP contribution in [0.5, 0.6) is 5.75 Å². The van der Waals surface area contributed by atoms with E-state index in [0.717, 1.165) is 30.0 Å². The van der Waals surface area contributed by atoms with Crippen LogP contribution in [0.4, 0.5) is 5.69 Å². The van der Waals surface area contributed by atoms with Crippen molar-refractivity contribution in [3.63, 3.8) is 0 Å². The Hall–Kier alpha value is -2.98. The van der Waals surface area contributed by atoms with Crippen molar-refractivity contribution in [1.29, 1.82) is 0 Å². The van der Waals surface area contributed by atoms with Crippen molar-refractivity contribution < 1.29 is 22.7 Å². The second kappa shape index (κ2) is 14.0. The van der Waals surface area contributed by atoms with Crippen LogP contribution in [0.15, 0.2) is 71.6 Å². The number of halogens is 3. The summed E-state index contributed by atoms with van der Waals surface area (Å²) in [7, 11) is -2.76. The van der Waals surface area contributed by atoms with Crippen molar-refractivity contribution in [3.05, 3.63) is 87.4 Å². The smallest absolute Gasteiger partial charge is 0.264 e. The molecule has 1 saturated carbocycles. The Labute approximate surface area is 261 Å². The number of rotatable bonds is 11. The molecule has 2 amide bonds. The number of nitrogens with zero attached hydrogens (tertiary/aromatic N) is 2. The molecule has 1 aliphatic carbocycles. The molecule has 0 unspecified atom stereocenters. The maximum Gasteiger partial charge on any atom is 0.264 e. The van der Waals surface area contributed by atoms with E-state index in [4.69, 9.17) is 39.5 Å². The van der Waals surface area contributed by atoms with Gasteiger partial charge < -0.3 is 15.0 Å². The van der Waals surface area contributed by atoms with Crippen LogP contribution in [0.3, 0.4) is 0 Å². The van der Waals surface area contributed by atoms with E-state index in [1.807, 2.05) is 0 Å². The number of nitrogens with one attached hydrogen (secondary N) is 1. The minimum Gasteiger partial charge on any atom is -0.497 e. The molecule has 3 aromatic rings. The fraction of sp³-hybridized carbons (Fsp3) is 0.333. The lowest BCUT2D eigenvalue weighted by atomic mass is 10.1. The van der Waals surface area contributed by atoms with E-state index in [2.05, 4.69) is 5.32 Å². The van der Waals surface area contributed by atoms with Gasteiger partial charge in [0.15, 0.2) is 0 Å². The van der Waals surface area contributed by atoms with E-state index in [9.17, 15) is 18.0 Å². The molecule has 0 heterocycles. The number of ether oxygens (including phenoxy) is 1. The molecule has 12 heteroatoms. The monoisotopic (exact) mass is 651 g/mol. The fourth-order valence-electron chi connectivity index (χ4n) is 4.84. The first-order valence-electron chi connectivity index (χ1n) is 13.5. The third-order valence-corrected chi connectivity index (χ3v) is 10.0. The van der Waals surface area contributed by atoms with Crippen molar-refractivity contribution in [2.75, 3.05) is 18.0 Å². The summed E-state index contributed by atoms with van der Waals surface area (Å²) in [4.78, 5) is 28.7. The fourth-order valence-corrected chi connectivity index (χ4v) is 6.90. The van der Waals surface area contributed by atoms with Crippen LogP contribution in [0.1, 0.15) is 38.2 Å². The molecule has 1 aliphatic rings. The molecule has 1 N–H and O–H groups in total. The number of hydrogen-bond acceptors (Lipinski definition) is 5. The van der Waals surface area contributed by atoms with Gasteiger partial charge in [0.1, 0.15) is 18.3 Å². The summed E-state index contributed by atoms with van der Waals surface area (Å²) < 4.78 is 34.0. The third kappa shape index (κ3) is 7.50. The molecular formula is C30H32Cl3N3O5S. The summed E-state index contributed by atoms with van der Waals surface area (Å²) in [5.41, 5.74) is 0.674. The summed E-state index contributed by atoms with van der Waals surface area (Å²) in [5, 5.41) is 4.08. The minimum atomic E-state index is -4.24. The molecule has 0 radical (unpaired) electrons. The van der Waals surface area contributed by atoms with Gasteiger partial charge in [-0.25, -0.2) is 8.42 Å². The van der Waals surface area contributed by atoms with Gasteiger partial charge in [0.2, 0.25) is 11.8 Å². The van der Waals surface area contributed by atoms with Crippen LogP contribution in [0.25, 0.3) is 0 Å².